The summed E-state index contributed by atoms with van der Waals surface area (Å²) in [5, 5.41) is 1.16. The minimum Gasteiger partial charge on any atom is -0.378 e. The first-order valence-corrected chi connectivity index (χ1v) is 14.1. The van der Waals surface area contributed by atoms with E-state index >= 15 is 0 Å². The number of hydrogen-bond donors (Lipinski definition) is 1. The number of amides is 2. The second-order valence-corrected chi connectivity index (χ2v) is 13.0. The number of aryl methyl sites for hydroxylation is 1. The third-order valence-electron chi connectivity index (χ3n) is 8.78. The molecular formula is C28H27N3O3S2. The topological polar surface area (TPSA) is 73.5 Å². The number of thioether (sulfide) groups is 1. The van der Waals surface area contributed by atoms with Gasteiger partial charge in [-0.3, -0.25) is 19.3 Å². The van der Waals surface area contributed by atoms with Gasteiger partial charge in [-0.2, -0.15) is 0 Å². The van der Waals surface area contributed by atoms with Crippen molar-refractivity contribution < 1.29 is 9.59 Å². The van der Waals surface area contributed by atoms with E-state index in [1.807, 2.05) is 45.3 Å². The minimum absolute atomic E-state index is 0.0346. The molecule has 36 heavy (non-hydrogen) atoms. The Hall–Kier alpha value is -2.84. The Labute approximate surface area is 217 Å². The third-order valence-corrected chi connectivity index (χ3v) is 11.4. The van der Waals surface area contributed by atoms with E-state index in [0.29, 0.717) is 5.69 Å². The fraction of sp³-hybridized carbons (Fsp3) is 0.393. The maximum Gasteiger partial charge on any atom is 0.305 e. The van der Waals surface area contributed by atoms with Gasteiger partial charge >= 0.3 is 4.87 Å². The van der Waals surface area contributed by atoms with E-state index in [1.54, 1.807) is 11.8 Å². The van der Waals surface area contributed by atoms with Gasteiger partial charge in [0.25, 0.3) is 0 Å². The fourth-order valence-electron chi connectivity index (χ4n) is 7.32. The second kappa shape index (κ2) is 7.83. The van der Waals surface area contributed by atoms with Gasteiger partial charge in [0.05, 0.1) is 22.5 Å². The molecule has 8 heteroatoms. The molecule has 184 valence electrons. The van der Waals surface area contributed by atoms with Gasteiger partial charge in [0.15, 0.2) is 0 Å². The van der Waals surface area contributed by atoms with Crippen LogP contribution in [0.3, 0.4) is 0 Å². The number of thiazole rings is 1. The molecule has 6 nitrogen and oxygen atoms in total. The quantitative estimate of drug-likeness (QED) is 0.519. The predicted octanol–water partition coefficient (Wildman–Crippen LogP) is 4.49. The average Bonchev–Trinajstić information content (AvgIpc) is 3.59. The van der Waals surface area contributed by atoms with Crippen LogP contribution in [0.2, 0.25) is 0 Å². The number of imide groups is 1. The Morgan fingerprint density at radius 3 is 2.25 bits per heavy atom. The van der Waals surface area contributed by atoms with Crippen LogP contribution in [0.4, 0.5) is 11.4 Å². The van der Waals surface area contributed by atoms with E-state index in [-0.39, 0.29) is 57.4 Å². The van der Waals surface area contributed by atoms with Crippen LogP contribution < -0.4 is 14.7 Å². The first-order chi connectivity index (χ1) is 17.3. The molecule has 3 fully saturated rings. The molecule has 1 N–H and O–H groups in total. The van der Waals surface area contributed by atoms with E-state index in [0.717, 1.165) is 27.6 Å². The summed E-state index contributed by atoms with van der Waals surface area (Å²) in [5.41, 5.74) is 4.09. The first kappa shape index (κ1) is 22.4. The van der Waals surface area contributed by atoms with Crippen LogP contribution in [0, 0.1) is 36.5 Å². The fourth-order valence-corrected chi connectivity index (χ4v) is 10.2. The summed E-state index contributed by atoms with van der Waals surface area (Å²) in [6.07, 6.45) is 0.905. The van der Waals surface area contributed by atoms with Gasteiger partial charge in [-0.25, -0.2) is 0 Å². The Morgan fingerprint density at radius 1 is 0.917 bits per heavy atom. The van der Waals surface area contributed by atoms with Crippen molar-refractivity contribution in [1.82, 2.24) is 4.98 Å². The molecule has 4 aliphatic rings. The molecule has 7 rings (SSSR count). The molecule has 3 heterocycles. The molecule has 2 bridgehead atoms. The Morgan fingerprint density at radius 2 is 1.58 bits per heavy atom. The lowest BCUT2D eigenvalue weighted by Crippen LogP contribution is -2.42. The molecule has 0 spiro atoms. The number of fused-ring (bicyclic) bond motifs is 9. The number of carbonyl (C=O) groups is 2. The number of nitrogens with zero attached hydrogens (tertiary/aromatic N) is 2. The molecule has 2 aliphatic heterocycles. The summed E-state index contributed by atoms with van der Waals surface area (Å²) in [7, 11) is 4.05. The van der Waals surface area contributed by atoms with E-state index in [1.165, 1.54) is 21.8 Å². The number of rotatable bonds is 3. The normalized spacial score (nSPS) is 32.0. The molecule has 3 aromatic rings. The zero-order chi connectivity index (χ0) is 24.9. The highest BCUT2D eigenvalue weighted by atomic mass is 32.2. The van der Waals surface area contributed by atoms with Crippen LogP contribution in [0.25, 0.3) is 0 Å². The summed E-state index contributed by atoms with van der Waals surface area (Å²) in [6, 6.07) is 16.3. The van der Waals surface area contributed by atoms with Gasteiger partial charge in [0, 0.05) is 35.8 Å². The number of benzene rings is 2. The number of aromatic nitrogens is 1. The largest absolute Gasteiger partial charge is 0.378 e. The predicted molar refractivity (Wildman–Crippen MR) is 143 cm³/mol. The average molecular weight is 518 g/mol. The summed E-state index contributed by atoms with van der Waals surface area (Å²) >= 11 is 3.03. The number of anilines is 2. The molecule has 7 atom stereocenters. The van der Waals surface area contributed by atoms with Gasteiger partial charge in [-0.15, -0.1) is 11.8 Å². The zero-order valence-electron chi connectivity index (χ0n) is 20.3. The number of H-pyrrole nitrogens is 1. The van der Waals surface area contributed by atoms with Crippen molar-refractivity contribution in [1.29, 1.82) is 0 Å². The van der Waals surface area contributed by atoms with Crippen LogP contribution in [0.5, 0.6) is 0 Å². The lowest BCUT2D eigenvalue weighted by Gasteiger charge is -2.43. The number of hydrogen-bond acceptors (Lipinski definition) is 6. The van der Waals surface area contributed by atoms with Gasteiger partial charge in [0.2, 0.25) is 11.8 Å². The Bertz CT molecular complexity index is 1440. The SMILES string of the molecule is Cc1ccc(N2C(=O)[C@@H]3[C@H]4C[C@@H]([C@@H]3C2=O)[C@@H]2[C@@H](c3ccc(N(C)C)cc3)c3sc(=O)[nH]c3S[C@H]42)cc1. The summed E-state index contributed by atoms with van der Waals surface area (Å²) in [5.74, 6) is -0.0711. The van der Waals surface area contributed by atoms with Crippen LogP contribution in [0.1, 0.15) is 28.3 Å². The van der Waals surface area contributed by atoms with Crippen molar-refractivity contribution in [2.45, 2.75) is 29.5 Å². The second-order valence-electron chi connectivity index (χ2n) is 10.8. The van der Waals surface area contributed by atoms with Crippen LogP contribution in [-0.4, -0.2) is 36.1 Å². The van der Waals surface area contributed by atoms with Gasteiger partial charge in [-0.05, 0) is 60.9 Å². The van der Waals surface area contributed by atoms with Crippen molar-refractivity contribution >= 4 is 46.3 Å². The van der Waals surface area contributed by atoms with E-state index in [9.17, 15) is 14.4 Å². The van der Waals surface area contributed by atoms with Crippen molar-refractivity contribution in [3.63, 3.8) is 0 Å². The number of carbonyl (C=O) groups excluding carboxylic acids is 2. The van der Waals surface area contributed by atoms with E-state index in [4.69, 9.17) is 0 Å². The Balaban J connectivity index is 1.31. The Kier molecular flexibility index (Phi) is 4.86. The monoisotopic (exact) mass is 517 g/mol. The molecule has 2 aromatic carbocycles. The van der Waals surface area contributed by atoms with E-state index in [2.05, 4.69) is 34.1 Å². The van der Waals surface area contributed by atoms with E-state index < -0.39 is 0 Å². The smallest absolute Gasteiger partial charge is 0.305 e. The van der Waals surface area contributed by atoms with Crippen molar-refractivity contribution in [3.05, 3.63) is 74.2 Å². The summed E-state index contributed by atoms with van der Waals surface area (Å²) < 4.78 is 0. The third kappa shape index (κ3) is 3.00. The molecule has 2 amide bonds. The van der Waals surface area contributed by atoms with Crippen LogP contribution >= 0.6 is 23.1 Å². The highest BCUT2D eigenvalue weighted by molar-refractivity contribution is 8.00. The lowest BCUT2D eigenvalue weighted by atomic mass is 9.68. The molecule has 0 radical (unpaired) electrons. The van der Waals surface area contributed by atoms with Crippen molar-refractivity contribution in [2.24, 2.45) is 29.6 Å². The molecule has 1 aromatic heterocycles. The maximum absolute atomic E-state index is 13.8. The van der Waals surface area contributed by atoms with Crippen molar-refractivity contribution in [3.8, 4) is 0 Å². The zero-order valence-corrected chi connectivity index (χ0v) is 21.9. The minimum atomic E-state index is -0.272. The number of nitrogens with one attached hydrogen (secondary N) is 1. The highest BCUT2D eigenvalue weighted by Gasteiger charge is 2.69. The van der Waals surface area contributed by atoms with Gasteiger partial charge in [0.1, 0.15) is 0 Å². The summed E-state index contributed by atoms with van der Waals surface area (Å²) in [6.45, 7) is 2.00. The lowest BCUT2D eigenvalue weighted by molar-refractivity contribution is -0.123. The summed E-state index contributed by atoms with van der Waals surface area (Å²) in [4.78, 5) is 47.6. The molecule has 2 aliphatic carbocycles. The van der Waals surface area contributed by atoms with Crippen LogP contribution in [-0.2, 0) is 9.59 Å². The van der Waals surface area contributed by atoms with Crippen LogP contribution in [0.15, 0.2) is 58.4 Å². The van der Waals surface area contributed by atoms with Gasteiger partial charge < -0.3 is 9.88 Å². The molecule has 2 saturated carbocycles. The molecule has 1 saturated heterocycles. The maximum atomic E-state index is 13.8. The van der Waals surface area contributed by atoms with Gasteiger partial charge in [-0.1, -0.05) is 41.2 Å². The standard InChI is InChI=1S/C28H27N3O3S2/c1-13-4-8-16(9-5-13)31-26(32)21-17-12-18(22(21)27(31)33)23-20(17)19(24-25(35-23)29-28(34)36-24)14-6-10-15(11-7-14)30(2)3/h4-11,17-23H,12H2,1-3H3,(H,29,34)/t17-,18-,19-,20-,21+,22-,23-/m1/s1. The molecular weight excluding hydrogens is 490 g/mol. The number of aromatic amines is 1. The first-order valence-electron chi connectivity index (χ1n) is 12.4. The molecule has 0 unspecified atom stereocenters. The highest BCUT2D eigenvalue weighted by Crippen LogP contribution is 2.68. The van der Waals surface area contributed by atoms with Crippen molar-refractivity contribution in [2.75, 3.05) is 23.9 Å².